The molecule has 6 heteroatoms. The number of aryl methyl sites for hydroxylation is 1. The number of rotatable bonds is 4. The quantitative estimate of drug-likeness (QED) is 0.890. The fraction of sp³-hybridized carbons (Fsp3) is 0.214. The van der Waals surface area contributed by atoms with Crippen LogP contribution < -0.4 is 15.6 Å². The van der Waals surface area contributed by atoms with Gasteiger partial charge in [-0.3, -0.25) is 9.59 Å². The molecule has 0 fully saturated rings. The second-order valence-corrected chi connectivity index (χ2v) is 4.19. The first-order chi connectivity index (χ1) is 9.61. The zero-order valence-electron chi connectivity index (χ0n) is 11.3. The average molecular weight is 273 g/mol. The van der Waals surface area contributed by atoms with Gasteiger partial charge in [-0.05, 0) is 18.2 Å². The van der Waals surface area contributed by atoms with E-state index < -0.39 is 5.91 Å². The van der Waals surface area contributed by atoms with Crippen LogP contribution in [0.15, 0.2) is 41.3 Å². The molecule has 2 heterocycles. The predicted molar refractivity (Wildman–Crippen MR) is 73.6 cm³/mol. The first kappa shape index (κ1) is 13.8. The molecule has 1 N–H and O–H groups in total. The van der Waals surface area contributed by atoms with Crippen molar-refractivity contribution in [2.45, 2.75) is 6.54 Å². The Labute approximate surface area is 116 Å². The lowest BCUT2D eigenvalue weighted by Crippen LogP contribution is -2.31. The van der Waals surface area contributed by atoms with Gasteiger partial charge < -0.3 is 14.6 Å². The van der Waals surface area contributed by atoms with Crippen LogP contribution in [0.25, 0.3) is 0 Å². The van der Waals surface area contributed by atoms with Crippen molar-refractivity contribution in [2.24, 2.45) is 7.05 Å². The molecule has 0 aromatic carbocycles. The van der Waals surface area contributed by atoms with E-state index in [0.717, 1.165) is 0 Å². The average Bonchev–Trinajstić information content (AvgIpc) is 2.48. The Bertz CT molecular complexity index is 679. The molecule has 0 saturated heterocycles. The number of pyridine rings is 2. The number of ether oxygens (including phenoxy) is 1. The minimum atomic E-state index is -0.421. The van der Waals surface area contributed by atoms with Gasteiger partial charge in [0.05, 0.1) is 19.3 Å². The maximum atomic E-state index is 12.0. The molecule has 2 aromatic rings. The van der Waals surface area contributed by atoms with Gasteiger partial charge in [-0.1, -0.05) is 6.07 Å². The zero-order chi connectivity index (χ0) is 14.5. The summed E-state index contributed by atoms with van der Waals surface area (Å²) in [6.07, 6.45) is 1.60. The fourth-order valence-electron chi connectivity index (χ4n) is 1.71. The zero-order valence-corrected chi connectivity index (χ0v) is 11.3. The number of aromatic nitrogens is 2. The molecule has 20 heavy (non-hydrogen) atoms. The Morgan fingerprint density at radius 2 is 2.15 bits per heavy atom. The molecule has 0 spiro atoms. The monoisotopic (exact) mass is 273 g/mol. The van der Waals surface area contributed by atoms with Gasteiger partial charge in [0.15, 0.2) is 0 Å². The molecule has 0 unspecified atom stereocenters. The van der Waals surface area contributed by atoms with Gasteiger partial charge in [-0.2, -0.15) is 0 Å². The Hall–Kier alpha value is -2.63. The van der Waals surface area contributed by atoms with Crippen molar-refractivity contribution in [3.8, 4) is 5.88 Å². The Balaban J connectivity index is 2.08. The molecule has 0 saturated carbocycles. The molecule has 104 valence electrons. The summed E-state index contributed by atoms with van der Waals surface area (Å²) in [4.78, 5) is 27.9. The Morgan fingerprint density at radius 1 is 1.35 bits per heavy atom. The summed E-state index contributed by atoms with van der Waals surface area (Å²) in [6, 6.07) is 8.43. The number of hydrogen-bond donors (Lipinski definition) is 1. The topological polar surface area (TPSA) is 73.2 Å². The van der Waals surface area contributed by atoms with Crippen LogP contribution >= 0.6 is 0 Å². The second kappa shape index (κ2) is 6.01. The number of amides is 1. The molecule has 0 aliphatic carbocycles. The summed E-state index contributed by atoms with van der Waals surface area (Å²) in [7, 11) is 3.13. The largest absolute Gasteiger partial charge is 0.481 e. The van der Waals surface area contributed by atoms with Crippen LogP contribution in [-0.4, -0.2) is 22.6 Å². The number of hydrogen-bond acceptors (Lipinski definition) is 4. The normalized spacial score (nSPS) is 10.1. The highest BCUT2D eigenvalue weighted by Gasteiger charge is 2.10. The van der Waals surface area contributed by atoms with Gasteiger partial charge in [-0.15, -0.1) is 0 Å². The number of nitrogens with zero attached hydrogens (tertiary/aromatic N) is 2. The van der Waals surface area contributed by atoms with Crippen LogP contribution in [0, 0.1) is 0 Å². The molecular formula is C14H15N3O3. The van der Waals surface area contributed by atoms with E-state index >= 15 is 0 Å². The van der Waals surface area contributed by atoms with Crippen molar-refractivity contribution >= 4 is 5.91 Å². The van der Waals surface area contributed by atoms with Gasteiger partial charge in [0, 0.05) is 19.3 Å². The lowest BCUT2D eigenvalue weighted by molar-refractivity contribution is 0.0948. The summed E-state index contributed by atoms with van der Waals surface area (Å²) in [6.45, 7) is 0.230. The lowest BCUT2D eigenvalue weighted by Gasteiger charge is -2.06. The molecule has 0 atom stereocenters. The summed E-state index contributed by atoms with van der Waals surface area (Å²) >= 11 is 0. The molecule has 0 aliphatic heterocycles. The second-order valence-electron chi connectivity index (χ2n) is 4.19. The third kappa shape index (κ3) is 3.03. The SMILES string of the molecule is COc1cccc(CNC(=O)c2cccn(C)c2=O)n1. The van der Waals surface area contributed by atoms with Crippen LogP contribution in [0.3, 0.4) is 0 Å². The van der Waals surface area contributed by atoms with E-state index in [1.165, 1.54) is 17.7 Å². The highest BCUT2D eigenvalue weighted by molar-refractivity contribution is 5.93. The van der Waals surface area contributed by atoms with Crippen LogP contribution in [-0.2, 0) is 13.6 Å². The third-order valence-corrected chi connectivity index (χ3v) is 2.79. The Kier molecular flexibility index (Phi) is 4.14. The Morgan fingerprint density at radius 3 is 2.90 bits per heavy atom. The van der Waals surface area contributed by atoms with E-state index in [2.05, 4.69) is 10.3 Å². The van der Waals surface area contributed by atoms with Gasteiger partial charge in [0.2, 0.25) is 5.88 Å². The highest BCUT2D eigenvalue weighted by atomic mass is 16.5. The first-order valence-corrected chi connectivity index (χ1v) is 6.05. The van der Waals surface area contributed by atoms with E-state index in [4.69, 9.17) is 4.74 Å². The predicted octanol–water partition coefficient (Wildman–Crippen LogP) is 0.719. The van der Waals surface area contributed by atoms with Crippen molar-refractivity contribution in [3.05, 3.63) is 58.1 Å². The van der Waals surface area contributed by atoms with E-state index in [9.17, 15) is 9.59 Å². The summed E-state index contributed by atoms with van der Waals surface area (Å²) in [5.41, 5.74) is 0.437. The van der Waals surface area contributed by atoms with Crippen molar-refractivity contribution in [1.29, 1.82) is 0 Å². The summed E-state index contributed by atoms with van der Waals surface area (Å²) in [5, 5.41) is 2.66. The molecule has 6 nitrogen and oxygen atoms in total. The summed E-state index contributed by atoms with van der Waals surface area (Å²) in [5.74, 6) is 0.0585. The lowest BCUT2D eigenvalue weighted by atomic mass is 10.2. The fourth-order valence-corrected chi connectivity index (χ4v) is 1.71. The number of carbonyl (C=O) groups excluding carboxylic acids is 1. The smallest absolute Gasteiger partial charge is 0.263 e. The van der Waals surface area contributed by atoms with Crippen molar-refractivity contribution < 1.29 is 9.53 Å². The van der Waals surface area contributed by atoms with Gasteiger partial charge in [-0.25, -0.2) is 4.98 Å². The molecule has 0 aliphatic rings. The van der Waals surface area contributed by atoms with Crippen LogP contribution in [0.2, 0.25) is 0 Å². The maximum Gasteiger partial charge on any atom is 0.263 e. The van der Waals surface area contributed by atoms with Crippen molar-refractivity contribution in [1.82, 2.24) is 14.9 Å². The number of carbonyl (C=O) groups is 1. The van der Waals surface area contributed by atoms with E-state index in [-0.39, 0.29) is 17.7 Å². The van der Waals surface area contributed by atoms with Crippen LogP contribution in [0.1, 0.15) is 16.1 Å². The van der Waals surface area contributed by atoms with E-state index in [1.54, 1.807) is 37.5 Å². The van der Waals surface area contributed by atoms with Crippen LogP contribution in [0.5, 0.6) is 5.88 Å². The van der Waals surface area contributed by atoms with Crippen LogP contribution in [0.4, 0.5) is 0 Å². The van der Waals surface area contributed by atoms with Gasteiger partial charge >= 0.3 is 0 Å². The standard InChI is InChI=1S/C14H15N3O3/c1-17-8-4-6-11(14(17)19)13(18)15-9-10-5-3-7-12(16-10)20-2/h3-8H,9H2,1-2H3,(H,15,18). The minimum Gasteiger partial charge on any atom is -0.481 e. The van der Waals surface area contributed by atoms with E-state index in [1.807, 2.05) is 0 Å². The molecule has 2 aromatic heterocycles. The molecule has 0 radical (unpaired) electrons. The minimum absolute atomic E-state index is 0.109. The number of nitrogens with one attached hydrogen (secondary N) is 1. The summed E-state index contributed by atoms with van der Waals surface area (Å²) < 4.78 is 6.36. The van der Waals surface area contributed by atoms with E-state index in [0.29, 0.717) is 11.6 Å². The van der Waals surface area contributed by atoms with Crippen molar-refractivity contribution in [2.75, 3.05) is 7.11 Å². The molecule has 2 rings (SSSR count). The first-order valence-electron chi connectivity index (χ1n) is 6.05. The third-order valence-electron chi connectivity index (χ3n) is 2.79. The van der Waals surface area contributed by atoms with Crippen molar-refractivity contribution in [3.63, 3.8) is 0 Å². The number of methoxy groups -OCH3 is 1. The molecule has 1 amide bonds. The van der Waals surface area contributed by atoms with Gasteiger partial charge in [0.25, 0.3) is 11.5 Å². The molecular weight excluding hydrogens is 258 g/mol. The van der Waals surface area contributed by atoms with Gasteiger partial charge in [0.1, 0.15) is 5.56 Å². The highest BCUT2D eigenvalue weighted by Crippen LogP contribution is 2.06. The maximum absolute atomic E-state index is 12.0. The molecule has 0 bridgehead atoms.